The first kappa shape index (κ1) is 10.7. The molecule has 1 aromatic heterocycles. The number of nitrogens with zero attached hydrogens (tertiary/aromatic N) is 1. The number of benzene rings is 2. The van der Waals surface area contributed by atoms with Crippen LogP contribution in [0.3, 0.4) is 0 Å². The smallest absolute Gasteiger partial charge is 0.150 e. The van der Waals surface area contributed by atoms with Crippen LogP contribution in [0.5, 0.6) is 0 Å². The lowest BCUT2D eigenvalue weighted by molar-refractivity contribution is 0.112. The molecular formula is C16H11NO. The van der Waals surface area contributed by atoms with Crippen LogP contribution < -0.4 is 0 Å². The van der Waals surface area contributed by atoms with Crippen LogP contribution in [-0.2, 0) is 0 Å². The molecule has 86 valence electrons. The molecule has 0 aliphatic rings. The molecule has 18 heavy (non-hydrogen) atoms. The standard InChI is InChI=1S/C16H11NO/c18-11-12-6-7-13-8-9-17-16(15(13)10-12)14-4-2-1-3-5-14/h1-11H. The van der Waals surface area contributed by atoms with Gasteiger partial charge in [0.1, 0.15) is 6.29 Å². The van der Waals surface area contributed by atoms with Crippen LogP contribution in [-0.4, -0.2) is 11.3 Å². The highest BCUT2D eigenvalue weighted by atomic mass is 16.1. The minimum atomic E-state index is 0.674. The quantitative estimate of drug-likeness (QED) is 0.631. The monoisotopic (exact) mass is 233 g/mol. The molecule has 2 heteroatoms. The van der Waals surface area contributed by atoms with Crippen molar-refractivity contribution in [1.29, 1.82) is 0 Å². The van der Waals surface area contributed by atoms with E-state index in [1.807, 2.05) is 54.6 Å². The second-order valence-corrected chi connectivity index (χ2v) is 4.12. The summed E-state index contributed by atoms with van der Waals surface area (Å²) in [5.74, 6) is 0. The Hall–Kier alpha value is -2.48. The molecular weight excluding hydrogens is 222 g/mol. The van der Waals surface area contributed by atoms with Crippen LogP contribution in [0.25, 0.3) is 22.0 Å². The Kier molecular flexibility index (Phi) is 2.61. The third kappa shape index (κ3) is 1.78. The molecule has 0 fully saturated rings. The first-order valence-corrected chi connectivity index (χ1v) is 5.78. The van der Waals surface area contributed by atoms with Crippen LogP contribution in [0.2, 0.25) is 0 Å². The van der Waals surface area contributed by atoms with Gasteiger partial charge in [0.05, 0.1) is 5.69 Å². The Bertz CT molecular complexity index is 705. The van der Waals surface area contributed by atoms with Crippen LogP contribution in [0, 0.1) is 0 Å². The van der Waals surface area contributed by atoms with Crippen molar-refractivity contribution in [3.05, 3.63) is 66.4 Å². The normalized spacial score (nSPS) is 10.4. The minimum Gasteiger partial charge on any atom is -0.298 e. The average Bonchev–Trinajstić information content (AvgIpc) is 2.47. The number of hydrogen-bond donors (Lipinski definition) is 0. The van der Waals surface area contributed by atoms with Gasteiger partial charge in [-0.2, -0.15) is 0 Å². The number of rotatable bonds is 2. The van der Waals surface area contributed by atoms with Gasteiger partial charge in [0, 0.05) is 22.7 Å². The first-order chi connectivity index (χ1) is 8.88. The van der Waals surface area contributed by atoms with Gasteiger partial charge in [0.25, 0.3) is 0 Å². The average molecular weight is 233 g/mol. The van der Waals surface area contributed by atoms with Crippen LogP contribution in [0.1, 0.15) is 10.4 Å². The SMILES string of the molecule is O=Cc1ccc2ccnc(-c3ccccc3)c2c1. The first-order valence-electron chi connectivity index (χ1n) is 5.78. The Balaban J connectivity index is 2.32. The van der Waals surface area contributed by atoms with E-state index in [1.54, 1.807) is 6.20 Å². The zero-order valence-corrected chi connectivity index (χ0v) is 9.71. The van der Waals surface area contributed by atoms with Gasteiger partial charge in [-0.3, -0.25) is 9.78 Å². The lowest BCUT2D eigenvalue weighted by Crippen LogP contribution is -1.87. The van der Waals surface area contributed by atoms with E-state index in [-0.39, 0.29) is 0 Å². The summed E-state index contributed by atoms with van der Waals surface area (Å²) in [6.45, 7) is 0. The van der Waals surface area contributed by atoms with Crippen molar-refractivity contribution >= 4 is 17.1 Å². The highest BCUT2D eigenvalue weighted by Gasteiger charge is 2.05. The number of aromatic nitrogens is 1. The zero-order chi connectivity index (χ0) is 12.4. The van der Waals surface area contributed by atoms with Crippen LogP contribution in [0.15, 0.2) is 60.8 Å². The van der Waals surface area contributed by atoms with Crippen molar-refractivity contribution in [2.75, 3.05) is 0 Å². The highest BCUT2D eigenvalue weighted by Crippen LogP contribution is 2.26. The Labute approximate surface area is 105 Å². The van der Waals surface area contributed by atoms with Gasteiger partial charge < -0.3 is 0 Å². The van der Waals surface area contributed by atoms with Crippen molar-refractivity contribution in [1.82, 2.24) is 4.98 Å². The Morgan fingerprint density at radius 3 is 2.56 bits per heavy atom. The largest absolute Gasteiger partial charge is 0.298 e. The van der Waals surface area contributed by atoms with E-state index < -0.39 is 0 Å². The fourth-order valence-electron chi connectivity index (χ4n) is 2.09. The van der Waals surface area contributed by atoms with Crippen molar-refractivity contribution in [3.8, 4) is 11.3 Å². The van der Waals surface area contributed by atoms with Gasteiger partial charge in [-0.05, 0) is 17.5 Å². The molecule has 0 radical (unpaired) electrons. The molecule has 0 amide bonds. The van der Waals surface area contributed by atoms with E-state index in [2.05, 4.69) is 4.98 Å². The Morgan fingerprint density at radius 2 is 1.78 bits per heavy atom. The van der Waals surface area contributed by atoms with E-state index in [1.165, 1.54) is 0 Å². The zero-order valence-electron chi connectivity index (χ0n) is 9.71. The summed E-state index contributed by atoms with van der Waals surface area (Å²) in [6, 6.07) is 17.6. The molecule has 0 saturated heterocycles. The second-order valence-electron chi connectivity index (χ2n) is 4.12. The van der Waals surface area contributed by atoms with Gasteiger partial charge in [0.2, 0.25) is 0 Å². The lowest BCUT2D eigenvalue weighted by Gasteiger charge is -2.06. The van der Waals surface area contributed by atoms with Gasteiger partial charge in [-0.1, -0.05) is 42.5 Å². The maximum atomic E-state index is 10.9. The number of carbonyl (C=O) groups excluding carboxylic acids is 1. The summed E-state index contributed by atoms with van der Waals surface area (Å²) in [7, 11) is 0. The third-order valence-corrected chi connectivity index (χ3v) is 2.97. The third-order valence-electron chi connectivity index (χ3n) is 2.97. The molecule has 0 bridgehead atoms. The van der Waals surface area contributed by atoms with Gasteiger partial charge in [0.15, 0.2) is 0 Å². The number of aldehydes is 1. The van der Waals surface area contributed by atoms with E-state index in [4.69, 9.17) is 0 Å². The number of carbonyl (C=O) groups is 1. The Morgan fingerprint density at radius 1 is 0.944 bits per heavy atom. The van der Waals surface area contributed by atoms with Crippen molar-refractivity contribution in [3.63, 3.8) is 0 Å². The molecule has 0 atom stereocenters. The molecule has 3 aromatic rings. The van der Waals surface area contributed by atoms with Gasteiger partial charge in [-0.25, -0.2) is 0 Å². The highest BCUT2D eigenvalue weighted by molar-refractivity contribution is 5.97. The molecule has 0 spiro atoms. The van der Waals surface area contributed by atoms with Gasteiger partial charge in [-0.15, -0.1) is 0 Å². The van der Waals surface area contributed by atoms with Crippen molar-refractivity contribution in [2.24, 2.45) is 0 Å². The minimum absolute atomic E-state index is 0.674. The van der Waals surface area contributed by atoms with Crippen molar-refractivity contribution in [2.45, 2.75) is 0 Å². The molecule has 2 nitrogen and oxygen atoms in total. The summed E-state index contributed by atoms with van der Waals surface area (Å²) in [5, 5.41) is 2.10. The van der Waals surface area contributed by atoms with E-state index in [0.29, 0.717) is 5.56 Å². The fourth-order valence-corrected chi connectivity index (χ4v) is 2.09. The van der Waals surface area contributed by atoms with Crippen LogP contribution in [0.4, 0.5) is 0 Å². The number of fused-ring (bicyclic) bond motifs is 1. The molecule has 1 heterocycles. The second kappa shape index (κ2) is 4.41. The molecule has 3 rings (SSSR count). The molecule has 0 saturated carbocycles. The van der Waals surface area contributed by atoms with E-state index in [0.717, 1.165) is 28.3 Å². The molecule has 0 unspecified atom stereocenters. The maximum Gasteiger partial charge on any atom is 0.150 e. The summed E-state index contributed by atoms with van der Waals surface area (Å²) >= 11 is 0. The van der Waals surface area contributed by atoms with Gasteiger partial charge >= 0.3 is 0 Å². The predicted molar refractivity (Wildman–Crippen MR) is 72.6 cm³/mol. The number of hydrogen-bond acceptors (Lipinski definition) is 2. The van der Waals surface area contributed by atoms with Crippen molar-refractivity contribution < 1.29 is 4.79 Å². The maximum absolute atomic E-state index is 10.9. The van der Waals surface area contributed by atoms with E-state index >= 15 is 0 Å². The fraction of sp³-hybridized carbons (Fsp3) is 0. The molecule has 0 aliphatic carbocycles. The number of pyridine rings is 1. The summed E-state index contributed by atoms with van der Waals surface area (Å²) in [4.78, 5) is 15.3. The molecule has 0 aliphatic heterocycles. The van der Waals surface area contributed by atoms with E-state index in [9.17, 15) is 4.79 Å². The summed E-state index contributed by atoms with van der Waals surface area (Å²) in [5.41, 5.74) is 2.65. The lowest BCUT2D eigenvalue weighted by atomic mass is 10.0. The molecule has 2 aromatic carbocycles. The van der Waals surface area contributed by atoms with Crippen LogP contribution >= 0.6 is 0 Å². The summed E-state index contributed by atoms with van der Waals surface area (Å²) in [6.07, 6.45) is 2.66. The topological polar surface area (TPSA) is 30.0 Å². The predicted octanol–water partition coefficient (Wildman–Crippen LogP) is 3.71. The molecule has 0 N–H and O–H groups in total. The summed E-state index contributed by atoms with van der Waals surface area (Å²) < 4.78 is 0.